The summed E-state index contributed by atoms with van der Waals surface area (Å²) >= 11 is 0. The SMILES string of the molecule is O=S(CC1[C@H](c2ccccc2)[C@H]1c1ccccc1)c1ccccc1. The van der Waals surface area contributed by atoms with Gasteiger partial charge in [-0.25, -0.2) is 0 Å². The van der Waals surface area contributed by atoms with Crippen molar-refractivity contribution in [3.8, 4) is 0 Å². The van der Waals surface area contributed by atoms with E-state index in [0.29, 0.717) is 17.8 Å². The Kier molecular flexibility index (Phi) is 4.31. The first-order chi connectivity index (χ1) is 11.8. The molecule has 1 aliphatic rings. The van der Waals surface area contributed by atoms with Gasteiger partial charge in [0.05, 0.1) is 10.8 Å². The molecule has 24 heavy (non-hydrogen) atoms. The molecule has 3 aromatic rings. The van der Waals surface area contributed by atoms with Crippen LogP contribution in [-0.4, -0.2) is 9.96 Å². The minimum atomic E-state index is -0.940. The molecule has 2 heteroatoms. The van der Waals surface area contributed by atoms with Crippen molar-refractivity contribution in [2.45, 2.75) is 16.7 Å². The summed E-state index contributed by atoms with van der Waals surface area (Å²) in [5, 5.41) is 0. The van der Waals surface area contributed by atoms with Crippen molar-refractivity contribution in [2.75, 3.05) is 5.75 Å². The van der Waals surface area contributed by atoms with Gasteiger partial charge in [-0.1, -0.05) is 78.9 Å². The van der Waals surface area contributed by atoms with Crippen LogP contribution in [0.3, 0.4) is 0 Å². The first kappa shape index (κ1) is 15.3. The van der Waals surface area contributed by atoms with Crippen molar-refractivity contribution in [3.63, 3.8) is 0 Å². The highest BCUT2D eigenvalue weighted by Gasteiger charge is 2.51. The van der Waals surface area contributed by atoms with E-state index in [1.807, 2.05) is 30.3 Å². The summed E-state index contributed by atoms with van der Waals surface area (Å²) in [5.74, 6) is 2.11. The number of hydrogen-bond acceptors (Lipinski definition) is 1. The van der Waals surface area contributed by atoms with Gasteiger partial charge in [0, 0.05) is 10.6 Å². The van der Waals surface area contributed by atoms with E-state index in [2.05, 4.69) is 60.7 Å². The fourth-order valence-corrected chi connectivity index (χ4v) is 5.10. The molecule has 1 unspecified atom stereocenters. The largest absolute Gasteiger partial charge is 0.254 e. The van der Waals surface area contributed by atoms with E-state index >= 15 is 0 Å². The molecule has 0 amide bonds. The Morgan fingerprint density at radius 2 is 1.04 bits per heavy atom. The predicted molar refractivity (Wildman–Crippen MR) is 99.6 cm³/mol. The molecule has 1 fully saturated rings. The average molecular weight is 332 g/mol. The lowest BCUT2D eigenvalue weighted by Gasteiger charge is -2.02. The zero-order valence-corrected chi connectivity index (χ0v) is 14.2. The van der Waals surface area contributed by atoms with Gasteiger partial charge in [-0.3, -0.25) is 4.21 Å². The summed E-state index contributed by atoms with van der Waals surface area (Å²) in [7, 11) is -0.940. The molecule has 1 aliphatic carbocycles. The molecule has 0 spiro atoms. The molecular weight excluding hydrogens is 312 g/mol. The van der Waals surface area contributed by atoms with E-state index < -0.39 is 10.8 Å². The van der Waals surface area contributed by atoms with Crippen LogP contribution in [0.2, 0.25) is 0 Å². The van der Waals surface area contributed by atoms with E-state index in [1.54, 1.807) is 0 Å². The quantitative estimate of drug-likeness (QED) is 0.643. The van der Waals surface area contributed by atoms with Gasteiger partial charge in [0.15, 0.2) is 0 Å². The molecule has 0 aliphatic heterocycles. The molecule has 0 aromatic heterocycles. The summed E-state index contributed by atoms with van der Waals surface area (Å²) in [6.45, 7) is 0. The minimum absolute atomic E-state index is 0.441. The molecule has 3 aromatic carbocycles. The standard InChI is InChI=1S/C22H20OS/c23-24(19-14-8-3-9-15-19)16-20-21(17-10-4-1-5-11-17)22(20)18-12-6-2-7-13-18/h1-15,20-22H,16H2/t21-,22-,24?/m0/s1. The highest BCUT2D eigenvalue weighted by Crippen LogP contribution is 2.60. The molecular formula is C22H20OS. The Bertz CT molecular complexity index is 769. The van der Waals surface area contributed by atoms with Crippen molar-refractivity contribution in [2.24, 2.45) is 5.92 Å². The highest BCUT2D eigenvalue weighted by atomic mass is 32.2. The van der Waals surface area contributed by atoms with Crippen molar-refractivity contribution in [1.82, 2.24) is 0 Å². The first-order valence-electron chi connectivity index (χ1n) is 8.38. The van der Waals surface area contributed by atoms with Gasteiger partial charge in [0.25, 0.3) is 0 Å². The van der Waals surface area contributed by atoms with Crippen molar-refractivity contribution in [1.29, 1.82) is 0 Å². The van der Waals surface area contributed by atoms with Crippen LogP contribution in [0.25, 0.3) is 0 Å². The summed E-state index contributed by atoms with van der Waals surface area (Å²) in [6.07, 6.45) is 0. The molecule has 0 radical (unpaired) electrons. The monoisotopic (exact) mass is 332 g/mol. The molecule has 0 bridgehead atoms. The molecule has 1 nitrogen and oxygen atoms in total. The maximum atomic E-state index is 12.8. The Morgan fingerprint density at radius 3 is 1.50 bits per heavy atom. The molecule has 0 N–H and O–H groups in total. The van der Waals surface area contributed by atoms with Crippen LogP contribution < -0.4 is 0 Å². The van der Waals surface area contributed by atoms with Crippen molar-refractivity contribution in [3.05, 3.63) is 102 Å². The van der Waals surface area contributed by atoms with Gasteiger partial charge in [0.2, 0.25) is 0 Å². The van der Waals surface area contributed by atoms with Crippen LogP contribution in [0.1, 0.15) is 23.0 Å². The molecule has 1 saturated carbocycles. The second kappa shape index (κ2) is 6.74. The van der Waals surface area contributed by atoms with Gasteiger partial charge in [-0.05, 0) is 41.0 Å². The van der Waals surface area contributed by atoms with E-state index in [0.717, 1.165) is 10.6 Å². The average Bonchev–Trinajstić information content (AvgIpc) is 3.37. The van der Waals surface area contributed by atoms with Gasteiger partial charge < -0.3 is 0 Å². The fraction of sp³-hybridized carbons (Fsp3) is 0.182. The van der Waals surface area contributed by atoms with Gasteiger partial charge in [0.1, 0.15) is 0 Å². The van der Waals surface area contributed by atoms with Gasteiger partial charge in [-0.2, -0.15) is 0 Å². The normalized spacial score (nSPS) is 23.6. The topological polar surface area (TPSA) is 17.1 Å². The lowest BCUT2D eigenvalue weighted by Crippen LogP contribution is -2.02. The number of hydrogen-bond donors (Lipinski definition) is 0. The van der Waals surface area contributed by atoms with Crippen LogP contribution in [-0.2, 0) is 10.8 Å². The Hall–Kier alpha value is -2.19. The Morgan fingerprint density at radius 1 is 0.625 bits per heavy atom. The Labute approximate surface area is 145 Å². The number of rotatable bonds is 5. The second-order valence-corrected chi connectivity index (χ2v) is 7.86. The third-order valence-corrected chi connectivity index (χ3v) is 6.37. The summed E-state index contributed by atoms with van der Waals surface area (Å²) in [5.41, 5.74) is 2.72. The van der Waals surface area contributed by atoms with Crippen LogP contribution >= 0.6 is 0 Å². The summed E-state index contributed by atoms with van der Waals surface area (Å²) in [6, 6.07) is 31.1. The first-order valence-corrected chi connectivity index (χ1v) is 9.70. The van der Waals surface area contributed by atoms with Crippen molar-refractivity contribution < 1.29 is 4.21 Å². The van der Waals surface area contributed by atoms with Gasteiger partial charge >= 0.3 is 0 Å². The molecule has 4 rings (SSSR count). The van der Waals surface area contributed by atoms with E-state index in [-0.39, 0.29) is 0 Å². The molecule has 3 atom stereocenters. The smallest absolute Gasteiger partial charge is 0.0532 e. The maximum absolute atomic E-state index is 12.8. The van der Waals surface area contributed by atoms with Crippen LogP contribution in [0, 0.1) is 5.92 Å². The molecule has 120 valence electrons. The van der Waals surface area contributed by atoms with Crippen LogP contribution in [0.5, 0.6) is 0 Å². The van der Waals surface area contributed by atoms with Crippen LogP contribution in [0.15, 0.2) is 95.9 Å². The maximum Gasteiger partial charge on any atom is 0.0532 e. The molecule has 0 saturated heterocycles. The Balaban J connectivity index is 1.59. The van der Waals surface area contributed by atoms with E-state index in [1.165, 1.54) is 11.1 Å². The van der Waals surface area contributed by atoms with Crippen molar-refractivity contribution >= 4 is 10.8 Å². The molecule has 0 heterocycles. The predicted octanol–water partition coefficient (Wildman–Crippen LogP) is 4.99. The van der Waals surface area contributed by atoms with Crippen LogP contribution in [0.4, 0.5) is 0 Å². The third kappa shape index (κ3) is 3.07. The van der Waals surface area contributed by atoms with E-state index in [9.17, 15) is 4.21 Å². The second-order valence-electron chi connectivity index (χ2n) is 6.36. The third-order valence-electron chi connectivity index (χ3n) is 4.89. The van der Waals surface area contributed by atoms with E-state index in [4.69, 9.17) is 0 Å². The minimum Gasteiger partial charge on any atom is -0.254 e. The zero-order chi connectivity index (χ0) is 16.4. The lowest BCUT2D eigenvalue weighted by atomic mass is 10.0. The summed E-state index contributed by atoms with van der Waals surface area (Å²) in [4.78, 5) is 0.933. The van der Waals surface area contributed by atoms with Gasteiger partial charge in [-0.15, -0.1) is 0 Å². The zero-order valence-electron chi connectivity index (χ0n) is 13.4. The number of benzene rings is 3. The lowest BCUT2D eigenvalue weighted by molar-refractivity contribution is 0.678. The fourth-order valence-electron chi connectivity index (χ4n) is 3.68. The highest BCUT2D eigenvalue weighted by molar-refractivity contribution is 7.85. The summed E-state index contributed by atoms with van der Waals surface area (Å²) < 4.78 is 12.8.